The van der Waals surface area contributed by atoms with E-state index in [0.717, 1.165) is 0 Å². The number of nitrogens with zero attached hydrogens (tertiary/aromatic N) is 4. The Kier molecular flexibility index (Phi) is 3.44. The quantitative estimate of drug-likeness (QED) is 0.814. The van der Waals surface area contributed by atoms with E-state index in [2.05, 4.69) is 5.10 Å². The van der Waals surface area contributed by atoms with Crippen LogP contribution in [-0.2, 0) is 10.0 Å². The van der Waals surface area contributed by atoms with Crippen molar-refractivity contribution in [1.82, 2.24) is 14.1 Å². The number of aromatic nitrogens is 2. The predicted octanol–water partition coefficient (Wildman–Crippen LogP) is 0.772. The molecule has 0 spiro atoms. The Morgan fingerprint density at radius 3 is 2.67 bits per heavy atom. The van der Waals surface area contributed by atoms with Crippen LogP contribution in [0.1, 0.15) is 11.6 Å². The molecule has 0 atom stereocenters. The van der Waals surface area contributed by atoms with E-state index in [0.29, 0.717) is 43.4 Å². The lowest BCUT2D eigenvalue weighted by molar-refractivity contribution is 0.170. The number of rotatable bonds is 3. The summed E-state index contributed by atoms with van der Waals surface area (Å²) in [6.45, 7) is 1.51. The highest BCUT2D eigenvalue weighted by Crippen LogP contribution is 2.35. The van der Waals surface area contributed by atoms with Gasteiger partial charge >= 0.3 is 0 Å². The van der Waals surface area contributed by atoms with Crippen LogP contribution >= 0.6 is 0 Å². The van der Waals surface area contributed by atoms with Gasteiger partial charge < -0.3 is 9.47 Å². The zero-order valence-electron chi connectivity index (χ0n) is 12.6. The minimum atomic E-state index is -3.58. The summed E-state index contributed by atoms with van der Waals surface area (Å²) >= 11 is 0. The molecule has 2 aromatic rings. The smallest absolute Gasteiger partial charge is 0.243 e. The number of sulfonamides is 1. The predicted molar refractivity (Wildman–Crippen MR) is 82.2 cm³/mol. The molecule has 0 aliphatic carbocycles. The van der Waals surface area contributed by atoms with Gasteiger partial charge in [-0.25, -0.2) is 8.42 Å². The molecule has 1 aromatic carbocycles. The average Bonchev–Trinajstić information content (AvgIpc) is 3.01. The summed E-state index contributed by atoms with van der Waals surface area (Å²) in [5.74, 6) is 1.01. The second-order valence-corrected chi connectivity index (χ2v) is 7.54. The second-order valence-electron chi connectivity index (χ2n) is 5.60. The summed E-state index contributed by atoms with van der Waals surface area (Å²) in [6.07, 6.45) is 3.09. The normalized spacial score (nSPS) is 18.0. The van der Waals surface area contributed by atoms with Crippen molar-refractivity contribution in [3.05, 3.63) is 36.2 Å². The molecular weight excluding hydrogens is 332 g/mol. The molecule has 9 heteroatoms. The van der Waals surface area contributed by atoms with Crippen molar-refractivity contribution in [3.63, 3.8) is 0 Å². The summed E-state index contributed by atoms with van der Waals surface area (Å²) in [7, 11) is -3.58. The van der Waals surface area contributed by atoms with Gasteiger partial charge in [-0.1, -0.05) is 0 Å². The van der Waals surface area contributed by atoms with Gasteiger partial charge in [-0.05, 0) is 12.1 Å². The lowest BCUT2D eigenvalue weighted by Gasteiger charge is -2.38. The third-order valence-corrected chi connectivity index (χ3v) is 5.91. The van der Waals surface area contributed by atoms with Crippen molar-refractivity contribution < 1.29 is 17.9 Å². The molecule has 1 saturated heterocycles. The first-order valence-corrected chi connectivity index (χ1v) is 8.86. The maximum atomic E-state index is 12.7. The zero-order chi connectivity index (χ0) is 16.7. The topological polar surface area (TPSA) is 97.5 Å². The fraction of sp³-hybridized carbons (Fsp3) is 0.333. The van der Waals surface area contributed by atoms with Crippen LogP contribution in [0, 0.1) is 11.3 Å². The molecule has 0 saturated carbocycles. The minimum absolute atomic E-state index is 0.0564. The van der Waals surface area contributed by atoms with E-state index in [9.17, 15) is 8.42 Å². The van der Waals surface area contributed by atoms with Gasteiger partial charge in [0.05, 0.1) is 22.7 Å². The van der Waals surface area contributed by atoms with Crippen molar-refractivity contribution in [1.29, 1.82) is 5.26 Å². The maximum Gasteiger partial charge on any atom is 0.243 e. The number of hydrogen-bond acceptors (Lipinski definition) is 6. The number of fused-ring (bicyclic) bond motifs is 1. The molecule has 24 heavy (non-hydrogen) atoms. The van der Waals surface area contributed by atoms with Gasteiger partial charge in [0.2, 0.25) is 10.0 Å². The Balaban J connectivity index is 1.51. The number of benzene rings is 1. The van der Waals surface area contributed by atoms with Crippen LogP contribution in [0.5, 0.6) is 11.5 Å². The zero-order valence-corrected chi connectivity index (χ0v) is 13.4. The molecule has 0 unspecified atom stereocenters. The molecule has 4 rings (SSSR count). The van der Waals surface area contributed by atoms with Gasteiger partial charge in [-0.2, -0.15) is 14.7 Å². The summed E-state index contributed by atoms with van der Waals surface area (Å²) < 4.78 is 39.2. The number of nitriles is 1. The highest BCUT2D eigenvalue weighted by molar-refractivity contribution is 7.89. The van der Waals surface area contributed by atoms with Crippen molar-refractivity contribution in [2.45, 2.75) is 10.9 Å². The van der Waals surface area contributed by atoms with Crippen molar-refractivity contribution >= 4 is 10.0 Å². The fourth-order valence-corrected chi connectivity index (χ4v) is 4.24. The molecule has 124 valence electrons. The molecular formula is C15H14N4O4S. The van der Waals surface area contributed by atoms with Crippen molar-refractivity contribution in [2.75, 3.05) is 26.3 Å². The summed E-state index contributed by atoms with van der Waals surface area (Å²) in [6, 6.07) is 6.59. The lowest BCUT2D eigenvalue weighted by Crippen LogP contribution is -2.50. The first kappa shape index (κ1) is 15.0. The standard InChI is InChI=1S/C15H14N4O4S/c16-6-11-7-17-19(8-11)12-9-18(10-12)24(20,21)13-1-2-14-15(5-13)23-4-3-22-14/h1-2,5,7-8,12H,3-4,9-10H2. The molecule has 3 heterocycles. The van der Waals surface area contributed by atoms with Crippen LogP contribution in [-0.4, -0.2) is 48.8 Å². The van der Waals surface area contributed by atoms with E-state index < -0.39 is 10.0 Å². The third-order valence-electron chi connectivity index (χ3n) is 4.08. The van der Waals surface area contributed by atoms with Crippen LogP contribution in [0.25, 0.3) is 0 Å². The first-order chi connectivity index (χ1) is 11.6. The van der Waals surface area contributed by atoms with Gasteiger partial charge in [0.15, 0.2) is 11.5 Å². The largest absolute Gasteiger partial charge is 0.486 e. The monoisotopic (exact) mass is 346 g/mol. The van der Waals surface area contributed by atoms with Crippen molar-refractivity contribution in [2.24, 2.45) is 0 Å². The van der Waals surface area contributed by atoms with E-state index in [1.807, 2.05) is 6.07 Å². The van der Waals surface area contributed by atoms with Gasteiger partial charge in [-0.15, -0.1) is 0 Å². The second kappa shape index (κ2) is 5.51. The Hall–Kier alpha value is -2.57. The molecule has 1 aromatic heterocycles. The van der Waals surface area contributed by atoms with E-state index >= 15 is 0 Å². The lowest BCUT2D eigenvalue weighted by atomic mass is 10.2. The van der Waals surface area contributed by atoms with Crippen LogP contribution < -0.4 is 9.47 Å². The average molecular weight is 346 g/mol. The van der Waals surface area contributed by atoms with Gasteiger partial charge in [0.25, 0.3) is 0 Å². The van der Waals surface area contributed by atoms with E-state index in [1.165, 1.54) is 22.6 Å². The summed E-state index contributed by atoms with van der Waals surface area (Å²) in [4.78, 5) is 0.184. The Labute approximate surface area is 138 Å². The van der Waals surface area contributed by atoms with Gasteiger partial charge in [0.1, 0.15) is 19.3 Å². The van der Waals surface area contributed by atoms with Crippen LogP contribution in [0.15, 0.2) is 35.5 Å². The van der Waals surface area contributed by atoms with E-state index in [-0.39, 0.29) is 10.9 Å². The van der Waals surface area contributed by atoms with E-state index in [4.69, 9.17) is 14.7 Å². The van der Waals surface area contributed by atoms with Gasteiger partial charge in [-0.3, -0.25) is 4.68 Å². The fourth-order valence-electron chi connectivity index (χ4n) is 2.71. The van der Waals surface area contributed by atoms with Gasteiger partial charge in [0, 0.05) is 25.4 Å². The molecule has 2 aliphatic rings. The summed E-state index contributed by atoms with van der Waals surface area (Å²) in [5, 5.41) is 12.9. The molecule has 0 N–H and O–H groups in total. The molecule has 2 aliphatic heterocycles. The van der Waals surface area contributed by atoms with Crippen LogP contribution in [0.3, 0.4) is 0 Å². The van der Waals surface area contributed by atoms with E-state index in [1.54, 1.807) is 16.9 Å². The number of ether oxygens (including phenoxy) is 2. The third kappa shape index (κ3) is 2.40. The van der Waals surface area contributed by atoms with Crippen molar-refractivity contribution in [3.8, 4) is 17.6 Å². The molecule has 0 amide bonds. The molecule has 8 nitrogen and oxygen atoms in total. The maximum absolute atomic E-state index is 12.7. The number of hydrogen-bond donors (Lipinski definition) is 0. The highest BCUT2D eigenvalue weighted by Gasteiger charge is 2.38. The minimum Gasteiger partial charge on any atom is -0.486 e. The molecule has 0 bridgehead atoms. The highest BCUT2D eigenvalue weighted by atomic mass is 32.2. The molecule has 1 fully saturated rings. The van der Waals surface area contributed by atoms with Crippen LogP contribution in [0.2, 0.25) is 0 Å². The molecule has 0 radical (unpaired) electrons. The SMILES string of the molecule is N#Cc1cnn(C2CN(S(=O)(=O)c3ccc4c(c3)OCCO4)C2)c1. The Morgan fingerprint density at radius 1 is 1.21 bits per heavy atom. The van der Waals surface area contributed by atoms with Crippen LogP contribution in [0.4, 0.5) is 0 Å². The first-order valence-electron chi connectivity index (χ1n) is 7.42. The summed E-state index contributed by atoms with van der Waals surface area (Å²) in [5.41, 5.74) is 0.461. The Morgan fingerprint density at radius 2 is 1.96 bits per heavy atom. The Bertz CT molecular complexity index is 925.